The van der Waals surface area contributed by atoms with Crippen molar-refractivity contribution in [3.63, 3.8) is 0 Å². The molecule has 0 bridgehead atoms. The fourth-order valence-corrected chi connectivity index (χ4v) is 3.13. The summed E-state index contributed by atoms with van der Waals surface area (Å²) in [7, 11) is 2.15. The van der Waals surface area contributed by atoms with E-state index in [1.165, 1.54) is 12.1 Å². The Labute approximate surface area is 136 Å². The summed E-state index contributed by atoms with van der Waals surface area (Å²) in [5.74, 6) is 1.45. The third-order valence-corrected chi connectivity index (χ3v) is 4.59. The van der Waals surface area contributed by atoms with Gasteiger partial charge in [-0.1, -0.05) is 12.1 Å². The summed E-state index contributed by atoms with van der Waals surface area (Å²) in [4.78, 5) is 9.25. The van der Waals surface area contributed by atoms with Crippen molar-refractivity contribution in [3.05, 3.63) is 53.0 Å². The summed E-state index contributed by atoms with van der Waals surface area (Å²) in [5.41, 5.74) is 2.06. The van der Waals surface area contributed by atoms with Gasteiger partial charge in [0.15, 0.2) is 0 Å². The number of likely N-dealkylation sites (tertiary alicyclic amines) is 1. The number of halogens is 1. The highest BCUT2D eigenvalue weighted by atomic mass is 19.1. The number of likely N-dealkylation sites (N-methyl/N-ethyl adjacent to an activating group) is 1. The molecule has 4 nitrogen and oxygen atoms in total. The lowest BCUT2D eigenvalue weighted by molar-refractivity contribution is 0.163. The van der Waals surface area contributed by atoms with Crippen LogP contribution in [0.4, 0.5) is 4.39 Å². The Bertz CT molecular complexity index is 633. The first-order valence-corrected chi connectivity index (χ1v) is 8.11. The molecule has 1 fully saturated rings. The van der Waals surface area contributed by atoms with Crippen LogP contribution in [0.2, 0.25) is 0 Å². The molecule has 124 valence electrons. The maximum atomic E-state index is 13.1. The number of nitrogens with zero attached hydrogens (tertiary/aromatic N) is 3. The smallest absolute Gasteiger partial charge is 0.208 e. The quantitative estimate of drug-likeness (QED) is 0.848. The van der Waals surface area contributed by atoms with Crippen LogP contribution in [-0.2, 0) is 13.1 Å². The van der Waals surface area contributed by atoms with Gasteiger partial charge in [0.1, 0.15) is 11.6 Å². The van der Waals surface area contributed by atoms with Gasteiger partial charge in [-0.05, 0) is 51.6 Å². The summed E-state index contributed by atoms with van der Waals surface area (Å²) in [6.45, 7) is 7.52. The van der Waals surface area contributed by atoms with Gasteiger partial charge in [0.25, 0.3) is 0 Å². The molecular formula is C18H24FN3O. The molecule has 2 aromatic rings. The Morgan fingerprint density at radius 2 is 2.00 bits per heavy atom. The second-order valence-electron chi connectivity index (χ2n) is 6.49. The molecule has 0 aliphatic carbocycles. The van der Waals surface area contributed by atoms with Gasteiger partial charge in [-0.2, -0.15) is 0 Å². The highest BCUT2D eigenvalue weighted by Crippen LogP contribution is 2.21. The standard InChI is InChI=1S/C18H24FN3O/c1-13-14(2)23-18(20-13)12-22(17-8-9-21(3)11-17)10-15-4-6-16(19)7-5-15/h4-7,17H,8-12H2,1-3H3/t17-/m1/s1. The van der Waals surface area contributed by atoms with Crippen molar-refractivity contribution in [3.8, 4) is 0 Å². The second kappa shape index (κ2) is 6.81. The van der Waals surface area contributed by atoms with E-state index in [4.69, 9.17) is 4.42 Å². The van der Waals surface area contributed by atoms with E-state index in [2.05, 4.69) is 21.8 Å². The Morgan fingerprint density at radius 3 is 2.57 bits per heavy atom. The zero-order valence-corrected chi connectivity index (χ0v) is 14.1. The lowest BCUT2D eigenvalue weighted by Gasteiger charge is -2.27. The molecule has 1 saturated heterocycles. The monoisotopic (exact) mass is 317 g/mol. The fraction of sp³-hybridized carbons (Fsp3) is 0.500. The molecule has 0 saturated carbocycles. The second-order valence-corrected chi connectivity index (χ2v) is 6.49. The average Bonchev–Trinajstić information content (AvgIpc) is 3.07. The molecule has 1 aliphatic heterocycles. The van der Waals surface area contributed by atoms with Crippen molar-refractivity contribution in [1.82, 2.24) is 14.8 Å². The van der Waals surface area contributed by atoms with Crippen LogP contribution in [0, 0.1) is 19.7 Å². The van der Waals surface area contributed by atoms with Crippen LogP contribution in [0.3, 0.4) is 0 Å². The zero-order chi connectivity index (χ0) is 16.4. The summed E-state index contributed by atoms with van der Waals surface area (Å²) in [6.07, 6.45) is 1.14. The number of aromatic nitrogens is 1. The minimum atomic E-state index is -0.195. The summed E-state index contributed by atoms with van der Waals surface area (Å²) < 4.78 is 18.9. The maximum Gasteiger partial charge on any atom is 0.208 e. The van der Waals surface area contributed by atoms with Gasteiger partial charge >= 0.3 is 0 Å². The van der Waals surface area contributed by atoms with E-state index in [-0.39, 0.29) is 5.82 Å². The van der Waals surface area contributed by atoms with Crippen LogP contribution < -0.4 is 0 Å². The molecule has 0 N–H and O–H groups in total. The molecule has 5 heteroatoms. The van der Waals surface area contributed by atoms with Crippen LogP contribution in [-0.4, -0.2) is 41.0 Å². The molecule has 0 spiro atoms. The van der Waals surface area contributed by atoms with Crippen molar-refractivity contribution in [1.29, 1.82) is 0 Å². The van der Waals surface area contributed by atoms with Crippen molar-refractivity contribution < 1.29 is 8.81 Å². The van der Waals surface area contributed by atoms with E-state index >= 15 is 0 Å². The van der Waals surface area contributed by atoms with Gasteiger partial charge in [-0.3, -0.25) is 4.90 Å². The lowest BCUT2D eigenvalue weighted by Crippen LogP contribution is -2.36. The lowest BCUT2D eigenvalue weighted by atomic mass is 10.1. The fourth-order valence-electron chi connectivity index (χ4n) is 3.13. The van der Waals surface area contributed by atoms with Crippen molar-refractivity contribution in [2.24, 2.45) is 0 Å². The van der Waals surface area contributed by atoms with Gasteiger partial charge < -0.3 is 9.32 Å². The van der Waals surface area contributed by atoms with Crippen molar-refractivity contribution in [2.45, 2.75) is 39.4 Å². The van der Waals surface area contributed by atoms with E-state index < -0.39 is 0 Å². The molecule has 1 aliphatic rings. The average molecular weight is 317 g/mol. The van der Waals surface area contributed by atoms with E-state index in [9.17, 15) is 4.39 Å². The predicted octanol–water partition coefficient (Wildman–Crippen LogP) is 3.14. The maximum absolute atomic E-state index is 13.1. The SMILES string of the molecule is Cc1nc(CN(Cc2ccc(F)cc2)[C@@H]2CCN(C)C2)oc1C. The minimum Gasteiger partial charge on any atom is -0.444 e. The first-order valence-electron chi connectivity index (χ1n) is 8.11. The first-order chi connectivity index (χ1) is 11.0. The minimum absolute atomic E-state index is 0.195. The summed E-state index contributed by atoms with van der Waals surface area (Å²) in [5, 5.41) is 0. The molecule has 1 aromatic carbocycles. The molecule has 0 radical (unpaired) electrons. The largest absolute Gasteiger partial charge is 0.444 e. The third kappa shape index (κ3) is 3.98. The third-order valence-electron chi connectivity index (χ3n) is 4.59. The highest BCUT2D eigenvalue weighted by molar-refractivity contribution is 5.16. The van der Waals surface area contributed by atoms with Crippen LogP contribution in [0.1, 0.15) is 29.3 Å². The van der Waals surface area contributed by atoms with Crippen LogP contribution in [0.5, 0.6) is 0 Å². The Morgan fingerprint density at radius 1 is 1.26 bits per heavy atom. The van der Waals surface area contributed by atoms with Crippen molar-refractivity contribution >= 4 is 0 Å². The molecule has 23 heavy (non-hydrogen) atoms. The number of aryl methyl sites for hydroxylation is 2. The van der Waals surface area contributed by atoms with E-state index in [1.54, 1.807) is 0 Å². The number of oxazole rings is 1. The predicted molar refractivity (Wildman–Crippen MR) is 87.5 cm³/mol. The number of hydrogen-bond donors (Lipinski definition) is 0. The number of rotatable bonds is 5. The molecule has 1 atom stereocenters. The van der Waals surface area contributed by atoms with E-state index in [1.807, 2.05) is 26.0 Å². The normalized spacial score (nSPS) is 18.9. The molecular weight excluding hydrogens is 293 g/mol. The highest BCUT2D eigenvalue weighted by Gasteiger charge is 2.27. The van der Waals surface area contributed by atoms with E-state index in [0.29, 0.717) is 12.6 Å². The van der Waals surface area contributed by atoms with Gasteiger partial charge in [0.05, 0.1) is 12.2 Å². The van der Waals surface area contributed by atoms with Crippen LogP contribution >= 0.6 is 0 Å². The molecule has 3 rings (SSSR count). The van der Waals surface area contributed by atoms with Gasteiger partial charge in [-0.25, -0.2) is 9.37 Å². The van der Waals surface area contributed by atoms with E-state index in [0.717, 1.165) is 49.0 Å². The summed E-state index contributed by atoms with van der Waals surface area (Å²) >= 11 is 0. The van der Waals surface area contributed by atoms with Gasteiger partial charge in [-0.15, -0.1) is 0 Å². The molecule has 0 amide bonds. The Kier molecular flexibility index (Phi) is 4.78. The van der Waals surface area contributed by atoms with Crippen molar-refractivity contribution in [2.75, 3.05) is 20.1 Å². The Balaban J connectivity index is 1.76. The van der Waals surface area contributed by atoms with Gasteiger partial charge in [0.2, 0.25) is 5.89 Å². The van der Waals surface area contributed by atoms with Gasteiger partial charge in [0, 0.05) is 19.1 Å². The van der Waals surface area contributed by atoms with Crippen LogP contribution in [0.25, 0.3) is 0 Å². The Hall–Kier alpha value is -1.72. The number of benzene rings is 1. The number of hydrogen-bond acceptors (Lipinski definition) is 4. The first kappa shape index (κ1) is 16.1. The van der Waals surface area contributed by atoms with Crippen LogP contribution in [0.15, 0.2) is 28.7 Å². The molecule has 2 heterocycles. The topological polar surface area (TPSA) is 32.5 Å². The summed E-state index contributed by atoms with van der Waals surface area (Å²) in [6, 6.07) is 7.22. The molecule has 0 unspecified atom stereocenters. The zero-order valence-electron chi connectivity index (χ0n) is 14.1. The molecule has 1 aromatic heterocycles.